The van der Waals surface area contributed by atoms with Crippen molar-refractivity contribution in [2.24, 2.45) is 0 Å². The molecule has 1 saturated heterocycles. The van der Waals surface area contributed by atoms with Crippen molar-refractivity contribution in [3.05, 3.63) is 33.8 Å². The lowest BCUT2D eigenvalue weighted by molar-refractivity contribution is 0.0740. The van der Waals surface area contributed by atoms with Gasteiger partial charge in [0.2, 0.25) is 0 Å². The normalized spacial score (nSPS) is 18.9. The highest BCUT2D eigenvalue weighted by molar-refractivity contribution is 9.10. The lowest BCUT2D eigenvalue weighted by atomic mass is 10.0. The van der Waals surface area contributed by atoms with Crippen molar-refractivity contribution in [1.82, 2.24) is 10.2 Å². The third-order valence-corrected chi connectivity index (χ3v) is 4.53. The maximum atomic E-state index is 12.6. The standard InChI is InChI=1S/C16H23BrN2O/c1-3-19(11-13-6-4-5-9-18-13)16(20)14-8-7-12(2)10-15(14)17/h7-8,10,13,18H,3-6,9,11H2,1-2H3. The van der Waals surface area contributed by atoms with Gasteiger partial charge in [0.1, 0.15) is 0 Å². The summed E-state index contributed by atoms with van der Waals surface area (Å²) in [4.78, 5) is 14.6. The maximum Gasteiger partial charge on any atom is 0.255 e. The fourth-order valence-electron chi connectivity index (χ4n) is 2.67. The molecular formula is C16H23BrN2O. The number of aryl methyl sites for hydroxylation is 1. The molecule has 1 heterocycles. The molecule has 2 rings (SSSR count). The SMILES string of the molecule is CCN(CC1CCCCN1)C(=O)c1ccc(C)cc1Br. The summed E-state index contributed by atoms with van der Waals surface area (Å²) in [7, 11) is 0. The number of carbonyl (C=O) groups excluding carboxylic acids is 1. The lowest BCUT2D eigenvalue weighted by Crippen LogP contribution is -2.45. The second-order valence-corrected chi connectivity index (χ2v) is 6.33. The van der Waals surface area contributed by atoms with E-state index in [9.17, 15) is 4.79 Å². The summed E-state index contributed by atoms with van der Waals surface area (Å²) < 4.78 is 0.887. The first kappa shape index (κ1) is 15.5. The smallest absolute Gasteiger partial charge is 0.255 e. The van der Waals surface area contributed by atoms with E-state index in [0.717, 1.165) is 35.2 Å². The first-order valence-electron chi connectivity index (χ1n) is 7.40. The van der Waals surface area contributed by atoms with E-state index in [0.29, 0.717) is 6.04 Å². The molecule has 0 aliphatic carbocycles. The van der Waals surface area contributed by atoms with Crippen molar-refractivity contribution in [2.45, 2.75) is 39.2 Å². The minimum Gasteiger partial charge on any atom is -0.337 e. The summed E-state index contributed by atoms with van der Waals surface area (Å²) in [5, 5.41) is 3.51. The number of benzene rings is 1. The van der Waals surface area contributed by atoms with E-state index < -0.39 is 0 Å². The number of rotatable bonds is 4. The van der Waals surface area contributed by atoms with Crippen LogP contribution in [-0.4, -0.2) is 36.5 Å². The average Bonchev–Trinajstić information content (AvgIpc) is 2.45. The van der Waals surface area contributed by atoms with Crippen molar-refractivity contribution in [3.63, 3.8) is 0 Å². The number of hydrogen-bond acceptors (Lipinski definition) is 2. The summed E-state index contributed by atoms with van der Waals surface area (Å²) in [6.07, 6.45) is 3.68. The minimum atomic E-state index is 0.117. The van der Waals surface area contributed by atoms with Gasteiger partial charge in [-0.05, 0) is 66.9 Å². The Morgan fingerprint density at radius 2 is 2.25 bits per heavy atom. The molecule has 1 N–H and O–H groups in total. The monoisotopic (exact) mass is 338 g/mol. The van der Waals surface area contributed by atoms with Crippen LogP contribution >= 0.6 is 15.9 Å². The molecule has 4 heteroatoms. The second-order valence-electron chi connectivity index (χ2n) is 5.47. The molecule has 0 aromatic heterocycles. The van der Waals surface area contributed by atoms with Crippen molar-refractivity contribution in [1.29, 1.82) is 0 Å². The van der Waals surface area contributed by atoms with Gasteiger partial charge in [-0.1, -0.05) is 12.5 Å². The Balaban J connectivity index is 2.07. The van der Waals surface area contributed by atoms with E-state index in [2.05, 4.69) is 21.2 Å². The van der Waals surface area contributed by atoms with Crippen LogP contribution in [-0.2, 0) is 0 Å². The molecule has 1 amide bonds. The Kier molecular flexibility index (Phi) is 5.61. The molecule has 110 valence electrons. The fraction of sp³-hybridized carbons (Fsp3) is 0.562. The summed E-state index contributed by atoms with van der Waals surface area (Å²) in [6, 6.07) is 6.35. The van der Waals surface area contributed by atoms with E-state index in [1.165, 1.54) is 19.3 Å². The molecule has 1 unspecified atom stereocenters. The molecule has 1 aromatic carbocycles. The number of carbonyl (C=O) groups is 1. The Bertz CT molecular complexity index is 470. The number of likely N-dealkylation sites (N-methyl/N-ethyl adjacent to an activating group) is 1. The Morgan fingerprint density at radius 3 is 2.85 bits per heavy atom. The van der Waals surface area contributed by atoms with E-state index in [1.54, 1.807) is 0 Å². The summed E-state index contributed by atoms with van der Waals surface area (Å²) in [6.45, 7) is 6.70. The van der Waals surface area contributed by atoms with Crippen LogP contribution in [0, 0.1) is 6.92 Å². The number of hydrogen-bond donors (Lipinski definition) is 1. The second kappa shape index (κ2) is 7.23. The average molecular weight is 339 g/mol. The van der Waals surface area contributed by atoms with Crippen LogP contribution in [0.3, 0.4) is 0 Å². The molecule has 0 radical (unpaired) electrons. The topological polar surface area (TPSA) is 32.3 Å². The highest BCUT2D eigenvalue weighted by atomic mass is 79.9. The van der Waals surface area contributed by atoms with Crippen molar-refractivity contribution < 1.29 is 4.79 Å². The van der Waals surface area contributed by atoms with Crippen LogP contribution in [0.4, 0.5) is 0 Å². The molecular weight excluding hydrogens is 316 g/mol. The molecule has 1 atom stereocenters. The van der Waals surface area contributed by atoms with Gasteiger partial charge in [-0.25, -0.2) is 0 Å². The van der Waals surface area contributed by atoms with Gasteiger partial charge in [0.05, 0.1) is 5.56 Å². The number of amides is 1. The number of nitrogens with zero attached hydrogens (tertiary/aromatic N) is 1. The fourth-order valence-corrected chi connectivity index (χ4v) is 3.33. The zero-order valence-corrected chi connectivity index (χ0v) is 13.9. The molecule has 1 aliphatic heterocycles. The highest BCUT2D eigenvalue weighted by Crippen LogP contribution is 2.20. The van der Waals surface area contributed by atoms with Gasteiger partial charge in [0, 0.05) is 23.6 Å². The van der Waals surface area contributed by atoms with Gasteiger partial charge in [-0.3, -0.25) is 4.79 Å². The van der Waals surface area contributed by atoms with Gasteiger partial charge >= 0.3 is 0 Å². The van der Waals surface area contributed by atoms with Crippen LogP contribution in [0.25, 0.3) is 0 Å². The van der Waals surface area contributed by atoms with Gasteiger partial charge in [0.25, 0.3) is 5.91 Å². The largest absolute Gasteiger partial charge is 0.337 e. The van der Waals surface area contributed by atoms with E-state index in [-0.39, 0.29) is 5.91 Å². The van der Waals surface area contributed by atoms with E-state index in [4.69, 9.17) is 0 Å². The zero-order valence-electron chi connectivity index (χ0n) is 12.3. The van der Waals surface area contributed by atoms with Crippen LogP contribution < -0.4 is 5.32 Å². The first-order chi connectivity index (χ1) is 9.61. The molecule has 0 saturated carbocycles. The molecule has 3 nitrogen and oxygen atoms in total. The number of piperidine rings is 1. The summed E-state index contributed by atoms with van der Waals surface area (Å²) in [5.74, 6) is 0.117. The molecule has 1 aromatic rings. The van der Waals surface area contributed by atoms with Gasteiger partial charge in [-0.15, -0.1) is 0 Å². The molecule has 0 spiro atoms. The molecule has 1 fully saturated rings. The summed E-state index contributed by atoms with van der Waals surface area (Å²) >= 11 is 3.51. The third kappa shape index (κ3) is 3.83. The Labute approximate surface area is 129 Å². The van der Waals surface area contributed by atoms with E-state index >= 15 is 0 Å². The van der Waals surface area contributed by atoms with Crippen LogP contribution in [0.5, 0.6) is 0 Å². The lowest BCUT2D eigenvalue weighted by Gasteiger charge is -2.30. The van der Waals surface area contributed by atoms with Gasteiger partial charge in [0.15, 0.2) is 0 Å². The van der Waals surface area contributed by atoms with Crippen molar-refractivity contribution in [2.75, 3.05) is 19.6 Å². The predicted molar refractivity (Wildman–Crippen MR) is 86.1 cm³/mol. The highest BCUT2D eigenvalue weighted by Gasteiger charge is 2.21. The molecule has 1 aliphatic rings. The summed E-state index contributed by atoms with van der Waals surface area (Å²) in [5.41, 5.74) is 1.92. The van der Waals surface area contributed by atoms with Crippen molar-refractivity contribution >= 4 is 21.8 Å². The van der Waals surface area contributed by atoms with Crippen molar-refractivity contribution in [3.8, 4) is 0 Å². The Morgan fingerprint density at radius 1 is 1.45 bits per heavy atom. The minimum absolute atomic E-state index is 0.117. The Hall–Kier alpha value is -0.870. The maximum absolute atomic E-state index is 12.6. The molecule has 0 bridgehead atoms. The van der Waals surface area contributed by atoms with Crippen LogP contribution in [0.1, 0.15) is 42.1 Å². The predicted octanol–water partition coefficient (Wildman–Crippen LogP) is 3.36. The number of nitrogens with one attached hydrogen (secondary N) is 1. The third-order valence-electron chi connectivity index (χ3n) is 3.88. The van der Waals surface area contributed by atoms with Gasteiger partial charge < -0.3 is 10.2 Å². The molecule has 20 heavy (non-hydrogen) atoms. The van der Waals surface area contributed by atoms with Gasteiger partial charge in [-0.2, -0.15) is 0 Å². The number of halogens is 1. The van der Waals surface area contributed by atoms with E-state index in [1.807, 2.05) is 36.9 Å². The zero-order chi connectivity index (χ0) is 14.5. The first-order valence-corrected chi connectivity index (χ1v) is 8.20. The quantitative estimate of drug-likeness (QED) is 0.912. The van der Waals surface area contributed by atoms with Crippen LogP contribution in [0.2, 0.25) is 0 Å². The van der Waals surface area contributed by atoms with Crippen LogP contribution in [0.15, 0.2) is 22.7 Å².